The third-order valence-electron chi connectivity index (χ3n) is 4.86. The molecule has 3 aromatic carbocycles. The Kier molecular flexibility index (Phi) is 4.49. The summed E-state index contributed by atoms with van der Waals surface area (Å²) in [6, 6.07) is 22.3. The summed E-state index contributed by atoms with van der Waals surface area (Å²) in [7, 11) is 0. The highest BCUT2D eigenvalue weighted by molar-refractivity contribution is 6.04. The number of benzene rings is 3. The molecule has 0 aliphatic rings. The van der Waals surface area contributed by atoms with E-state index in [0.717, 1.165) is 16.8 Å². The van der Waals surface area contributed by atoms with Gasteiger partial charge < -0.3 is 5.32 Å². The summed E-state index contributed by atoms with van der Waals surface area (Å²) in [6.45, 7) is 3.91. The van der Waals surface area contributed by atoms with Crippen molar-refractivity contribution in [1.29, 1.82) is 0 Å². The number of para-hydroxylation sites is 2. The largest absolute Gasteiger partial charge is 0.320 e. The van der Waals surface area contributed by atoms with Crippen molar-refractivity contribution < 1.29 is 4.79 Å². The van der Waals surface area contributed by atoms with Gasteiger partial charge in [-0.2, -0.15) is 5.10 Å². The summed E-state index contributed by atoms with van der Waals surface area (Å²) < 4.78 is 1.63. The number of carbonyl (C=O) groups is 1. The predicted molar refractivity (Wildman–Crippen MR) is 111 cm³/mol. The van der Waals surface area contributed by atoms with Crippen LogP contribution in [0, 0.1) is 13.8 Å². The molecule has 1 amide bonds. The minimum Gasteiger partial charge on any atom is -0.320 e. The number of aryl methyl sites for hydroxylation is 1. The van der Waals surface area contributed by atoms with Crippen LogP contribution >= 0.6 is 0 Å². The van der Waals surface area contributed by atoms with Gasteiger partial charge in [0, 0.05) is 5.69 Å². The summed E-state index contributed by atoms with van der Waals surface area (Å²) in [6.07, 6.45) is 0. The Labute approximate surface area is 162 Å². The van der Waals surface area contributed by atoms with Gasteiger partial charge in [0.25, 0.3) is 5.91 Å². The summed E-state index contributed by atoms with van der Waals surface area (Å²) in [4.78, 5) is 25.9. The number of hydrogen-bond acceptors (Lipinski definition) is 3. The first-order chi connectivity index (χ1) is 13.6. The van der Waals surface area contributed by atoms with E-state index in [1.54, 1.807) is 16.8 Å². The number of hydrogen-bond donors (Lipinski definition) is 1. The summed E-state index contributed by atoms with van der Waals surface area (Å²) in [5.74, 6) is -0.519. The lowest BCUT2D eigenvalue weighted by Gasteiger charge is -2.13. The normalized spacial score (nSPS) is 10.8. The van der Waals surface area contributed by atoms with E-state index >= 15 is 0 Å². The molecular weight excluding hydrogens is 350 g/mol. The number of nitrogens with zero attached hydrogens (tertiary/aromatic N) is 2. The van der Waals surface area contributed by atoms with Crippen molar-refractivity contribution >= 4 is 22.5 Å². The van der Waals surface area contributed by atoms with E-state index in [1.807, 2.05) is 74.5 Å². The maximum atomic E-state index is 13.0. The average molecular weight is 369 g/mol. The van der Waals surface area contributed by atoms with Crippen molar-refractivity contribution in [3.05, 3.63) is 99.8 Å². The summed E-state index contributed by atoms with van der Waals surface area (Å²) in [5, 5.41) is 7.70. The molecule has 1 N–H and O–H groups in total. The predicted octanol–water partition coefficient (Wildman–Crippen LogP) is 4.25. The fourth-order valence-corrected chi connectivity index (χ4v) is 3.16. The van der Waals surface area contributed by atoms with Crippen LogP contribution in [0.5, 0.6) is 0 Å². The molecule has 0 aliphatic heterocycles. The first-order valence-corrected chi connectivity index (χ1v) is 9.01. The van der Waals surface area contributed by atoms with Crippen LogP contribution in [0.15, 0.2) is 77.6 Å². The molecule has 0 saturated heterocycles. The Hall–Kier alpha value is -3.73. The Morgan fingerprint density at radius 3 is 2.39 bits per heavy atom. The van der Waals surface area contributed by atoms with Crippen LogP contribution in [0.4, 0.5) is 5.69 Å². The van der Waals surface area contributed by atoms with Gasteiger partial charge in [0.15, 0.2) is 5.69 Å². The van der Waals surface area contributed by atoms with Crippen LogP contribution in [0.1, 0.15) is 21.6 Å². The molecule has 0 aliphatic carbocycles. The Balaban J connectivity index is 1.88. The van der Waals surface area contributed by atoms with Gasteiger partial charge in [-0.1, -0.05) is 42.5 Å². The van der Waals surface area contributed by atoms with E-state index in [1.165, 1.54) is 0 Å². The van der Waals surface area contributed by atoms with Gasteiger partial charge in [0.2, 0.25) is 5.43 Å². The molecule has 0 saturated carbocycles. The number of nitrogens with one attached hydrogen (secondary N) is 1. The molecule has 28 heavy (non-hydrogen) atoms. The van der Waals surface area contributed by atoms with Crippen LogP contribution < -0.4 is 10.7 Å². The zero-order valence-electron chi connectivity index (χ0n) is 15.6. The minimum absolute atomic E-state index is 0.136. The quantitative estimate of drug-likeness (QED) is 0.587. The number of anilines is 1. The molecule has 5 nitrogen and oxygen atoms in total. The van der Waals surface area contributed by atoms with E-state index in [2.05, 4.69) is 10.4 Å². The van der Waals surface area contributed by atoms with Gasteiger partial charge >= 0.3 is 0 Å². The molecule has 0 fully saturated rings. The average Bonchev–Trinajstić information content (AvgIpc) is 2.72. The standard InChI is InChI=1S/C23H19N3O2/c1-15-9-8-13-19(16(15)2)24-23(28)21-22(27)18-12-6-7-14-20(18)26(25-21)17-10-4-3-5-11-17/h3-14H,1-2H3,(H,24,28). The van der Waals surface area contributed by atoms with Crippen molar-refractivity contribution in [2.75, 3.05) is 5.32 Å². The van der Waals surface area contributed by atoms with E-state index in [0.29, 0.717) is 16.6 Å². The van der Waals surface area contributed by atoms with Crippen molar-refractivity contribution in [1.82, 2.24) is 9.78 Å². The maximum Gasteiger partial charge on any atom is 0.280 e. The van der Waals surface area contributed by atoms with Crippen molar-refractivity contribution in [3.63, 3.8) is 0 Å². The topological polar surface area (TPSA) is 64.0 Å². The second kappa shape index (κ2) is 7.12. The van der Waals surface area contributed by atoms with Gasteiger partial charge in [-0.15, -0.1) is 0 Å². The zero-order valence-corrected chi connectivity index (χ0v) is 15.6. The first kappa shape index (κ1) is 17.7. The summed E-state index contributed by atoms with van der Waals surface area (Å²) >= 11 is 0. The van der Waals surface area contributed by atoms with Crippen LogP contribution in [-0.4, -0.2) is 15.7 Å². The van der Waals surface area contributed by atoms with E-state index in [9.17, 15) is 9.59 Å². The van der Waals surface area contributed by atoms with E-state index in [4.69, 9.17) is 0 Å². The number of aromatic nitrogens is 2. The Bertz CT molecular complexity index is 1240. The van der Waals surface area contributed by atoms with Crippen LogP contribution in [0.25, 0.3) is 16.6 Å². The molecule has 0 radical (unpaired) electrons. The second-order valence-corrected chi connectivity index (χ2v) is 6.64. The molecule has 0 atom stereocenters. The molecule has 1 heterocycles. The highest BCUT2D eigenvalue weighted by atomic mass is 16.2. The molecule has 5 heteroatoms. The van der Waals surface area contributed by atoms with Gasteiger partial charge in [-0.25, -0.2) is 4.68 Å². The number of carbonyl (C=O) groups excluding carboxylic acids is 1. The summed E-state index contributed by atoms with van der Waals surface area (Å²) in [5.41, 5.74) is 3.60. The van der Waals surface area contributed by atoms with Gasteiger partial charge in [0.05, 0.1) is 16.6 Å². The monoisotopic (exact) mass is 369 g/mol. The third-order valence-corrected chi connectivity index (χ3v) is 4.86. The molecule has 0 spiro atoms. The second-order valence-electron chi connectivity index (χ2n) is 6.64. The molecule has 1 aromatic heterocycles. The fourth-order valence-electron chi connectivity index (χ4n) is 3.16. The number of amides is 1. The molecule has 4 rings (SSSR count). The lowest BCUT2D eigenvalue weighted by atomic mass is 10.1. The van der Waals surface area contributed by atoms with Gasteiger partial charge in [0.1, 0.15) is 0 Å². The third kappa shape index (κ3) is 3.07. The first-order valence-electron chi connectivity index (χ1n) is 9.01. The highest BCUT2D eigenvalue weighted by Gasteiger charge is 2.19. The molecule has 4 aromatic rings. The molecule has 138 valence electrons. The Morgan fingerprint density at radius 1 is 0.893 bits per heavy atom. The fraction of sp³-hybridized carbons (Fsp3) is 0.0870. The van der Waals surface area contributed by atoms with Crippen LogP contribution in [0.2, 0.25) is 0 Å². The van der Waals surface area contributed by atoms with Crippen LogP contribution in [-0.2, 0) is 0 Å². The van der Waals surface area contributed by atoms with Crippen molar-refractivity contribution in [2.24, 2.45) is 0 Å². The number of rotatable bonds is 3. The van der Waals surface area contributed by atoms with E-state index in [-0.39, 0.29) is 11.1 Å². The maximum absolute atomic E-state index is 13.0. The number of fused-ring (bicyclic) bond motifs is 1. The SMILES string of the molecule is Cc1cccc(NC(=O)c2nn(-c3ccccc3)c3ccccc3c2=O)c1C. The highest BCUT2D eigenvalue weighted by Crippen LogP contribution is 2.19. The molecule has 0 unspecified atom stereocenters. The smallest absolute Gasteiger partial charge is 0.280 e. The van der Waals surface area contributed by atoms with Crippen molar-refractivity contribution in [2.45, 2.75) is 13.8 Å². The van der Waals surface area contributed by atoms with Crippen molar-refractivity contribution in [3.8, 4) is 5.69 Å². The van der Waals surface area contributed by atoms with Crippen LogP contribution in [0.3, 0.4) is 0 Å². The zero-order chi connectivity index (χ0) is 19.7. The molecular formula is C23H19N3O2. The van der Waals surface area contributed by atoms with E-state index < -0.39 is 5.91 Å². The lowest BCUT2D eigenvalue weighted by Crippen LogP contribution is -2.27. The van der Waals surface area contributed by atoms with Gasteiger partial charge in [-0.05, 0) is 55.3 Å². The Morgan fingerprint density at radius 2 is 1.61 bits per heavy atom. The lowest BCUT2D eigenvalue weighted by molar-refractivity contribution is 0.102. The van der Waals surface area contributed by atoms with Gasteiger partial charge in [-0.3, -0.25) is 9.59 Å². The molecule has 0 bridgehead atoms. The minimum atomic E-state index is -0.519.